The summed E-state index contributed by atoms with van der Waals surface area (Å²) in [6.07, 6.45) is 2.78. The Morgan fingerprint density at radius 1 is 1.47 bits per heavy atom. The van der Waals surface area contributed by atoms with E-state index in [1.165, 1.54) is 6.07 Å². The fourth-order valence-corrected chi connectivity index (χ4v) is 2.62. The number of methoxy groups -OCH3 is 1. The largest absolute Gasteiger partial charge is 0.496 e. The molecule has 3 N–H and O–H groups in total. The van der Waals surface area contributed by atoms with E-state index in [1.807, 2.05) is 0 Å². The fourth-order valence-electron chi connectivity index (χ4n) is 2.62. The first-order chi connectivity index (χ1) is 9.26. The second-order valence-corrected chi connectivity index (χ2v) is 4.87. The standard InChI is InChI=1S/C14H21FN2O2/c1-18-13-4-2-3-11(15)14(13)12(17-16)9-10-5-7-19-8-6-10/h2-4,10,12,17H,5-9,16H2,1H3. The Bertz CT molecular complexity index is 408. The molecule has 0 aromatic heterocycles. The van der Waals surface area contributed by atoms with Gasteiger partial charge in [0.05, 0.1) is 13.2 Å². The molecule has 2 rings (SSSR count). The molecule has 1 aliphatic heterocycles. The number of benzene rings is 1. The molecule has 1 atom stereocenters. The molecular formula is C14H21FN2O2. The van der Waals surface area contributed by atoms with E-state index < -0.39 is 0 Å². The van der Waals surface area contributed by atoms with E-state index in [-0.39, 0.29) is 11.9 Å². The second-order valence-electron chi connectivity index (χ2n) is 4.87. The van der Waals surface area contributed by atoms with Gasteiger partial charge >= 0.3 is 0 Å². The van der Waals surface area contributed by atoms with E-state index in [0.29, 0.717) is 17.2 Å². The third-order valence-corrected chi connectivity index (χ3v) is 3.69. The van der Waals surface area contributed by atoms with Gasteiger partial charge in [-0.15, -0.1) is 0 Å². The van der Waals surface area contributed by atoms with Crippen molar-refractivity contribution in [1.82, 2.24) is 5.43 Å². The molecule has 0 bridgehead atoms. The normalized spacial score (nSPS) is 18.3. The van der Waals surface area contributed by atoms with Gasteiger partial charge in [0.15, 0.2) is 0 Å². The zero-order chi connectivity index (χ0) is 13.7. The van der Waals surface area contributed by atoms with Crippen LogP contribution in [0.25, 0.3) is 0 Å². The van der Waals surface area contributed by atoms with Crippen molar-refractivity contribution in [2.75, 3.05) is 20.3 Å². The van der Waals surface area contributed by atoms with Crippen LogP contribution in [0, 0.1) is 11.7 Å². The highest BCUT2D eigenvalue weighted by Gasteiger charge is 2.24. The van der Waals surface area contributed by atoms with Crippen molar-refractivity contribution < 1.29 is 13.9 Å². The zero-order valence-electron chi connectivity index (χ0n) is 11.2. The number of rotatable bonds is 5. The summed E-state index contributed by atoms with van der Waals surface area (Å²) in [5.41, 5.74) is 3.23. The molecular weight excluding hydrogens is 247 g/mol. The fraction of sp³-hybridized carbons (Fsp3) is 0.571. The summed E-state index contributed by atoms with van der Waals surface area (Å²) in [7, 11) is 1.54. The molecule has 0 amide bonds. The summed E-state index contributed by atoms with van der Waals surface area (Å²) in [6.45, 7) is 1.55. The van der Waals surface area contributed by atoms with Crippen LogP contribution in [0.1, 0.15) is 30.9 Å². The summed E-state index contributed by atoms with van der Waals surface area (Å²) in [4.78, 5) is 0. The number of hydrogen-bond donors (Lipinski definition) is 2. The lowest BCUT2D eigenvalue weighted by atomic mass is 9.89. The molecule has 1 fully saturated rings. The Kier molecular flexibility index (Phi) is 5.13. The Morgan fingerprint density at radius 3 is 2.84 bits per heavy atom. The Balaban J connectivity index is 2.16. The molecule has 0 saturated carbocycles. The first kappa shape index (κ1) is 14.2. The van der Waals surface area contributed by atoms with Crippen molar-refractivity contribution in [3.8, 4) is 5.75 Å². The highest BCUT2D eigenvalue weighted by molar-refractivity contribution is 5.37. The number of hydrogen-bond acceptors (Lipinski definition) is 4. The number of ether oxygens (including phenoxy) is 2. The van der Waals surface area contributed by atoms with E-state index >= 15 is 0 Å². The SMILES string of the molecule is COc1cccc(F)c1C(CC1CCOCC1)NN. The number of nitrogens with one attached hydrogen (secondary N) is 1. The van der Waals surface area contributed by atoms with E-state index in [2.05, 4.69) is 5.43 Å². The van der Waals surface area contributed by atoms with Gasteiger partial charge in [0.25, 0.3) is 0 Å². The highest BCUT2D eigenvalue weighted by Crippen LogP contribution is 2.33. The van der Waals surface area contributed by atoms with Crippen molar-refractivity contribution in [2.24, 2.45) is 11.8 Å². The minimum absolute atomic E-state index is 0.237. The van der Waals surface area contributed by atoms with Crippen LogP contribution in [0.3, 0.4) is 0 Å². The Hall–Kier alpha value is -1.17. The maximum absolute atomic E-state index is 14.0. The van der Waals surface area contributed by atoms with Crippen molar-refractivity contribution in [3.63, 3.8) is 0 Å². The molecule has 0 aliphatic carbocycles. The van der Waals surface area contributed by atoms with Crippen LogP contribution in [0.15, 0.2) is 18.2 Å². The maximum atomic E-state index is 14.0. The minimum Gasteiger partial charge on any atom is -0.496 e. The first-order valence-electron chi connectivity index (χ1n) is 6.62. The van der Waals surface area contributed by atoms with Crippen molar-refractivity contribution in [2.45, 2.75) is 25.3 Å². The van der Waals surface area contributed by atoms with Crippen LogP contribution in [-0.2, 0) is 4.74 Å². The number of hydrazine groups is 1. The van der Waals surface area contributed by atoms with Gasteiger partial charge in [-0.1, -0.05) is 6.07 Å². The van der Waals surface area contributed by atoms with E-state index in [0.717, 1.165) is 32.5 Å². The molecule has 1 saturated heterocycles. The smallest absolute Gasteiger partial charge is 0.131 e. The quantitative estimate of drug-likeness (QED) is 0.634. The van der Waals surface area contributed by atoms with Crippen LogP contribution in [0.5, 0.6) is 5.75 Å². The maximum Gasteiger partial charge on any atom is 0.131 e. The average Bonchev–Trinajstić information content (AvgIpc) is 2.46. The molecule has 106 valence electrons. The van der Waals surface area contributed by atoms with Crippen LogP contribution in [-0.4, -0.2) is 20.3 Å². The van der Waals surface area contributed by atoms with Gasteiger partial charge < -0.3 is 9.47 Å². The highest BCUT2D eigenvalue weighted by atomic mass is 19.1. The lowest BCUT2D eigenvalue weighted by Gasteiger charge is -2.27. The van der Waals surface area contributed by atoms with Crippen molar-refractivity contribution in [3.05, 3.63) is 29.6 Å². The van der Waals surface area contributed by atoms with Gasteiger partial charge in [-0.3, -0.25) is 11.3 Å². The van der Waals surface area contributed by atoms with E-state index in [1.54, 1.807) is 19.2 Å². The molecule has 1 aromatic rings. The predicted octanol–water partition coefficient (Wildman–Crippen LogP) is 2.16. The van der Waals surface area contributed by atoms with E-state index in [9.17, 15) is 4.39 Å². The van der Waals surface area contributed by atoms with E-state index in [4.69, 9.17) is 15.3 Å². The monoisotopic (exact) mass is 268 g/mol. The third kappa shape index (κ3) is 3.43. The molecule has 1 unspecified atom stereocenters. The molecule has 19 heavy (non-hydrogen) atoms. The Morgan fingerprint density at radius 2 is 2.21 bits per heavy atom. The molecule has 1 heterocycles. The van der Waals surface area contributed by atoms with Crippen molar-refractivity contribution in [1.29, 1.82) is 0 Å². The third-order valence-electron chi connectivity index (χ3n) is 3.69. The predicted molar refractivity (Wildman–Crippen MR) is 71.2 cm³/mol. The topological polar surface area (TPSA) is 56.5 Å². The van der Waals surface area contributed by atoms with Gasteiger partial charge in [-0.25, -0.2) is 4.39 Å². The lowest BCUT2D eigenvalue weighted by Crippen LogP contribution is -2.32. The summed E-state index contributed by atoms with van der Waals surface area (Å²) in [6, 6.07) is 4.60. The summed E-state index contributed by atoms with van der Waals surface area (Å²) >= 11 is 0. The van der Waals surface area contributed by atoms with Crippen molar-refractivity contribution >= 4 is 0 Å². The van der Waals surface area contributed by atoms with Crippen LogP contribution in [0.4, 0.5) is 4.39 Å². The summed E-state index contributed by atoms with van der Waals surface area (Å²) in [5, 5.41) is 0. The molecule has 4 nitrogen and oxygen atoms in total. The summed E-state index contributed by atoms with van der Waals surface area (Å²) in [5.74, 6) is 6.36. The number of halogens is 1. The van der Waals surface area contributed by atoms with Gasteiger partial charge in [0, 0.05) is 18.8 Å². The van der Waals surface area contributed by atoms with Crippen LogP contribution < -0.4 is 16.0 Å². The van der Waals surface area contributed by atoms with Gasteiger partial charge in [0.2, 0.25) is 0 Å². The molecule has 1 aromatic carbocycles. The minimum atomic E-state index is -0.283. The second kappa shape index (κ2) is 6.84. The van der Waals surface area contributed by atoms with Gasteiger partial charge in [-0.2, -0.15) is 0 Å². The average molecular weight is 268 g/mol. The Labute approximate surface area is 113 Å². The van der Waals surface area contributed by atoms with Gasteiger partial charge in [0.1, 0.15) is 11.6 Å². The molecule has 0 radical (unpaired) electrons. The molecule has 5 heteroatoms. The zero-order valence-corrected chi connectivity index (χ0v) is 11.2. The number of nitrogens with two attached hydrogens (primary N) is 1. The molecule has 1 aliphatic rings. The molecule has 0 spiro atoms. The summed E-state index contributed by atoms with van der Waals surface area (Å²) < 4.78 is 24.6. The van der Waals surface area contributed by atoms with Crippen LogP contribution in [0.2, 0.25) is 0 Å². The first-order valence-corrected chi connectivity index (χ1v) is 6.62. The lowest BCUT2D eigenvalue weighted by molar-refractivity contribution is 0.0603. The van der Waals surface area contributed by atoms with Crippen LogP contribution >= 0.6 is 0 Å². The van der Waals surface area contributed by atoms with Gasteiger partial charge in [-0.05, 0) is 37.3 Å².